The maximum atomic E-state index is 10.8. The second-order valence-corrected chi connectivity index (χ2v) is 3.49. The number of allylic oxidation sites excluding steroid dienone is 1. The monoisotopic (exact) mass is 232 g/mol. The Labute approximate surface area is 100 Å². The first-order chi connectivity index (χ1) is 8.13. The number of nitrogens with one attached hydrogen (secondary N) is 1. The minimum absolute atomic E-state index is 0.192. The number of aliphatic carboxylic acids is 1. The summed E-state index contributed by atoms with van der Waals surface area (Å²) >= 11 is 0. The van der Waals surface area contributed by atoms with E-state index in [4.69, 9.17) is 10.8 Å². The maximum absolute atomic E-state index is 10.8. The Bertz CT molecular complexity index is 436. The normalized spacial score (nSPS) is 12.3. The fraction of sp³-hybridized carbons (Fsp3) is 0.154. The van der Waals surface area contributed by atoms with Crippen molar-refractivity contribution in [3.63, 3.8) is 0 Å². The zero-order valence-corrected chi connectivity index (χ0v) is 9.68. The first-order valence-electron chi connectivity index (χ1n) is 5.28. The van der Waals surface area contributed by atoms with Gasteiger partial charge in [-0.1, -0.05) is 24.3 Å². The highest BCUT2D eigenvalue weighted by Crippen LogP contribution is 2.06. The lowest BCUT2D eigenvalue weighted by Crippen LogP contribution is -2.13. The highest BCUT2D eigenvalue weighted by Gasteiger charge is 2.02. The molecule has 0 spiro atoms. The molecule has 0 amide bonds. The fourth-order valence-corrected chi connectivity index (χ4v) is 1.28. The number of carbonyl (C=O) groups is 1. The Morgan fingerprint density at radius 1 is 1.41 bits per heavy atom. The van der Waals surface area contributed by atoms with Crippen molar-refractivity contribution in [2.24, 2.45) is 5.73 Å². The van der Waals surface area contributed by atoms with Crippen LogP contribution in [0.3, 0.4) is 0 Å². The van der Waals surface area contributed by atoms with Gasteiger partial charge in [0.15, 0.2) is 0 Å². The van der Waals surface area contributed by atoms with Gasteiger partial charge in [0.05, 0.1) is 12.1 Å². The van der Waals surface area contributed by atoms with Gasteiger partial charge in [-0.2, -0.15) is 0 Å². The van der Waals surface area contributed by atoms with Crippen molar-refractivity contribution in [2.45, 2.75) is 6.92 Å². The number of benzene rings is 1. The van der Waals surface area contributed by atoms with E-state index in [1.807, 2.05) is 30.3 Å². The Morgan fingerprint density at radius 3 is 2.59 bits per heavy atom. The van der Waals surface area contributed by atoms with E-state index in [1.54, 1.807) is 6.92 Å². The summed E-state index contributed by atoms with van der Waals surface area (Å²) in [4.78, 5) is 10.8. The number of anilines is 1. The second kappa shape index (κ2) is 6.37. The van der Waals surface area contributed by atoms with E-state index in [2.05, 4.69) is 5.32 Å². The summed E-state index contributed by atoms with van der Waals surface area (Å²) in [6, 6.07) is 9.59. The minimum atomic E-state index is -0.977. The lowest BCUT2D eigenvalue weighted by Gasteiger charge is -2.06. The van der Waals surface area contributed by atoms with Crippen LogP contribution in [0.5, 0.6) is 0 Å². The summed E-state index contributed by atoms with van der Waals surface area (Å²) < 4.78 is 0. The Balaban J connectivity index is 2.58. The molecule has 0 bridgehead atoms. The fourth-order valence-electron chi connectivity index (χ4n) is 1.28. The zero-order valence-electron chi connectivity index (χ0n) is 9.68. The zero-order chi connectivity index (χ0) is 12.7. The molecule has 0 aliphatic carbocycles. The van der Waals surface area contributed by atoms with Gasteiger partial charge in [-0.25, -0.2) is 4.79 Å². The summed E-state index contributed by atoms with van der Waals surface area (Å²) in [7, 11) is 0. The van der Waals surface area contributed by atoms with Gasteiger partial charge in [0.25, 0.3) is 0 Å². The summed E-state index contributed by atoms with van der Waals surface area (Å²) in [5.41, 5.74) is 7.34. The molecule has 4 N–H and O–H groups in total. The highest BCUT2D eigenvalue weighted by molar-refractivity contribution is 5.89. The Hall–Kier alpha value is -2.23. The molecule has 0 aromatic heterocycles. The number of hydrogen-bond donors (Lipinski definition) is 3. The lowest BCUT2D eigenvalue weighted by molar-refractivity contribution is -0.132. The molecule has 4 heteroatoms. The van der Waals surface area contributed by atoms with Crippen LogP contribution in [-0.2, 0) is 4.79 Å². The Kier molecular flexibility index (Phi) is 4.81. The van der Waals surface area contributed by atoms with Gasteiger partial charge < -0.3 is 16.2 Å². The van der Waals surface area contributed by atoms with Gasteiger partial charge in [-0.15, -0.1) is 0 Å². The predicted molar refractivity (Wildman–Crippen MR) is 68.6 cm³/mol. The van der Waals surface area contributed by atoms with Crippen molar-refractivity contribution in [1.82, 2.24) is 0 Å². The van der Waals surface area contributed by atoms with Crippen molar-refractivity contribution in [1.29, 1.82) is 0 Å². The van der Waals surface area contributed by atoms with E-state index < -0.39 is 5.97 Å². The van der Waals surface area contributed by atoms with Crippen LogP contribution in [0.1, 0.15) is 6.92 Å². The summed E-state index contributed by atoms with van der Waals surface area (Å²) in [5, 5.41) is 11.9. The van der Waals surface area contributed by atoms with Crippen molar-refractivity contribution in [3.8, 4) is 0 Å². The number of carboxylic acid groups (broad SMARTS) is 1. The standard InChI is InChI=1S/C13H16N2O2/c1-2-10(13(16)17)8-11(14)9-15-12-6-4-3-5-7-12/h2-8,15H,9,14H2,1H3,(H,16,17)/b10-2+,11-8+. The van der Waals surface area contributed by atoms with E-state index in [9.17, 15) is 4.79 Å². The molecule has 0 atom stereocenters. The molecule has 0 heterocycles. The van der Waals surface area contributed by atoms with E-state index in [0.29, 0.717) is 12.2 Å². The first-order valence-corrected chi connectivity index (χ1v) is 5.28. The molecule has 1 aromatic carbocycles. The number of hydrogen-bond acceptors (Lipinski definition) is 3. The molecule has 17 heavy (non-hydrogen) atoms. The van der Waals surface area contributed by atoms with Gasteiger partial charge in [0.1, 0.15) is 0 Å². The van der Waals surface area contributed by atoms with Crippen molar-refractivity contribution in [2.75, 3.05) is 11.9 Å². The maximum Gasteiger partial charge on any atom is 0.335 e. The first kappa shape index (κ1) is 12.8. The lowest BCUT2D eigenvalue weighted by atomic mass is 10.2. The topological polar surface area (TPSA) is 75.3 Å². The molecule has 0 saturated heterocycles. The molecule has 0 aliphatic rings. The average molecular weight is 232 g/mol. The number of nitrogens with two attached hydrogens (primary N) is 1. The van der Waals surface area contributed by atoms with Gasteiger partial charge in [0.2, 0.25) is 0 Å². The molecular weight excluding hydrogens is 216 g/mol. The summed E-state index contributed by atoms with van der Waals surface area (Å²) in [5.74, 6) is -0.977. The quantitative estimate of drug-likeness (QED) is 0.536. The van der Waals surface area contributed by atoms with Crippen LogP contribution in [0.25, 0.3) is 0 Å². The van der Waals surface area contributed by atoms with E-state index >= 15 is 0 Å². The third kappa shape index (κ3) is 4.42. The molecule has 0 radical (unpaired) electrons. The average Bonchev–Trinajstić information content (AvgIpc) is 2.34. The van der Waals surface area contributed by atoms with Gasteiger partial charge in [0, 0.05) is 11.4 Å². The second-order valence-electron chi connectivity index (χ2n) is 3.49. The number of rotatable bonds is 5. The highest BCUT2D eigenvalue weighted by atomic mass is 16.4. The number of carboxylic acids is 1. The molecule has 0 fully saturated rings. The van der Waals surface area contributed by atoms with E-state index in [1.165, 1.54) is 12.2 Å². The molecule has 4 nitrogen and oxygen atoms in total. The summed E-state index contributed by atoms with van der Waals surface area (Å²) in [6.07, 6.45) is 2.97. The SMILES string of the molecule is C/C=C(\C=C(\N)CNc1ccccc1)C(=O)O. The summed E-state index contributed by atoms with van der Waals surface area (Å²) in [6.45, 7) is 2.08. The molecule has 0 aliphatic heterocycles. The molecule has 90 valence electrons. The van der Waals surface area contributed by atoms with Crippen LogP contribution in [0.4, 0.5) is 5.69 Å². The number of para-hydroxylation sites is 1. The van der Waals surface area contributed by atoms with Crippen LogP contribution in [-0.4, -0.2) is 17.6 Å². The van der Waals surface area contributed by atoms with Crippen LogP contribution in [0.15, 0.2) is 53.8 Å². The van der Waals surface area contributed by atoms with Crippen LogP contribution in [0, 0.1) is 0 Å². The van der Waals surface area contributed by atoms with Crippen molar-refractivity contribution in [3.05, 3.63) is 53.8 Å². The molecule has 0 saturated carbocycles. The predicted octanol–water partition coefficient (Wildman–Crippen LogP) is 1.97. The van der Waals surface area contributed by atoms with Crippen LogP contribution in [0.2, 0.25) is 0 Å². The van der Waals surface area contributed by atoms with E-state index in [-0.39, 0.29) is 5.57 Å². The molecular formula is C13H16N2O2. The third-order valence-corrected chi connectivity index (χ3v) is 2.17. The van der Waals surface area contributed by atoms with Crippen molar-refractivity contribution >= 4 is 11.7 Å². The molecule has 0 unspecified atom stereocenters. The van der Waals surface area contributed by atoms with Gasteiger partial charge in [-0.3, -0.25) is 0 Å². The third-order valence-electron chi connectivity index (χ3n) is 2.17. The van der Waals surface area contributed by atoms with Gasteiger partial charge >= 0.3 is 5.97 Å². The largest absolute Gasteiger partial charge is 0.478 e. The minimum Gasteiger partial charge on any atom is -0.478 e. The van der Waals surface area contributed by atoms with Gasteiger partial charge in [-0.05, 0) is 25.1 Å². The van der Waals surface area contributed by atoms with Crippen LogP contribution >= 0.6 is 0 Å². The Morgan fingerprint density at radius 2 is 2.06 bits per heavy atom. The van der Waals surface area contributed by atoms with Crippen LogP contribution < -0.4 is 11.1 Å². The molecule has 1 rings (SSSR count). The smallest absolute Gasteiger partial charge is 0.335 e. The van der Waals surface area contributed by atoms with E-state index in [0.717, 1.165) is 5.69 Å². The van der Waals surface area contributed by atoms with Crippen molar-refractivity contribution < 1.29 is 9.90 Å². The molecule has 1 aromatic rings.